The molecule has 1 aromatic carbocycles. The summed E-state index contributed by atoms with van der Waals surface area (Å²) in [5.41, 5.74) is 5.12. The first kappa shape index (κ1) is 14.8. The number of nitrogen functional groups attached to an aromatic ring is 1. The lowest BCUT2D eigenvalue weighted by molar-refractivity contribution is 0.0896. The van der Waals surface area contributed by atoms with Crippen LogP contribution in [-0.4, -0.2) is 36.5 Å². The summed E-state index contributed by atoms with van der Waals surface area (Å²) in [7, 11) is 2.13. The number of aryl methyl sites for hydroxylation is 1. The van der Waals surface area contributed by atoms with E-state index in [1.807, 2.05) is 19.1 Å². The van der Waals surface area contributed by atoms with E-state index in [0.717, 1.165) is 30.6 Å². The second-order valence-electron chi connectivity index (χ2n) is 5.70. The molecule has 4 N–H and O–H groups in total. The summed E-state index contributed by atoms with van der Waals surface area (Å²) in [5, 5.41) is 3.13. The number of carbonyl (C=O) groups excluding carboxylic acids is 1. The summed E-state index contributed by atoms with van der Waals surface area (Å²) in [6.45, 7) is 5.16. The van der Waals surface area contributed by atoms with Crippen LogP contribution in [0.2, 0.25) is 0 Å². The molecule has 0 spiro atoms. The van der Waals surface area contributed by atoms with Gasteiger partial charge in [0.05, 0.1) is 5.69 Å². The van der Waals surface area contributed by atoms with Gasteiger partial charge in [0.15, 0.2) is 0 Å². The Morgan fingerprint density at radius 2 is 2.20 bits per heavy atom. The van der Waals surface area contributed by atoms with E-state index < -0.39 is 0 Å². The number of piperidine rings is 1. The fourth-order valence-corrected chi connectivity index (χ4v) is 2.66. The largest absolute Gasteiger partial charge is 0.349 e. The van der Waals surface area contributed by atoms with E-state index in [4.69, 9.17) is 5.84 Å². The highest BCUT2D eigenvalue weighted by Crippen LogP contribution is 2.18. The summed E-state index contributed by atoms with van der Waals surface area (Å²) < 4.78 is 0. The minimum absolute atomic E-state index is 0.00146. The van der Waals surface area contributed by atoms with Crippen LogP contribution in [0.5, 0.6) is 0 Å². The zero-order valence-electron chi connectivity index (χ0n) is 12.4. The third-order valence-corrected chi connectivity index (χ3v) is 4.19. The third-order valence-electron chi connectivity index (χ3n) is 4.19. The van der Waals surface area contributed by atoms with Gasteiger partial charge in [-0.3, -0.25) is 10.6 Å². The minimum atomic E-state index is -0.00146. The Morgan fingerprint density at radius 3 is 2.80 bits per heavy atom. The second-order valence-corrected chi connectivity index (χ2v) is 5.70. The topological polar surface area (TPSA) is 70.4 Å². The maximum absolute atomic E-state index is 12.3. The maximum Gasteiger partial charge on any atom is 0.251 e. The third kappa shape index (κ3) is 3.29. The zero-order chi connectivity index (χ0) is 14.7. The number of nitrogens with two attached hydrogens (primary N) is 1. The fourth-order valence-electron chi connectivity index (χ4n) is 2.66. The molecule has 0 bridgehead atoms. The van der Waals surface area contributed by atoms with Crippen LogP contribution in [-0.2, 0) is 0 Å². The second kappa shape index (κ2) is 6.24. The first-order chi connectivity index (χ1) is 9.51. The molecule has 1 saturated heterocycles. The van der Waals surface area contributed by atoms with E-state index in [1.165, 1.54) is 0 Å². The molecule has 0 radical (unpaired) electrons. The molecule has 5 heteroatoms. The molecule has 1 amide bonds. The van der Waals surface area contributed by atoms with E-state index in [-0.39, 0.29) is 11.9 Å². The maximum atomic E-state index is 12.3. The Labute approximate surface area is 120 Å². The number of hydrogen-bond donors (Lipinski definition) is 3. The van der Waals surface area contributed by atoms with Crippen molar-refractivity contribution in [3.8, 4) is 0 Å². The van der Waals surface area contributed by atoms with Crippen LogP contribution < -0.4 is 16.6 Å². The van der Waals surface area contributed by atoms with Crippen LogP contribution in [0.1, 0.15) is 35.7 Å². The van der Waals surface area contributed by atoms with Gasteiger partial charge in [-0.15, -0.1) is 0 Å². The molecule has 2 rings (SSSR count). The lowest BCUT2D eigenvalue weighted by Gasteiger charge is -2.35. The number of carbonyl (C=O) groups is 1. The standard InChI is InChI=1S/C15H24N4O/c1-10-8-12(4-5-14(10)18-16)15(20)17-13-6-7-19(3)11(2)9-13/h4-5,8,11,13,18H,6-7,9,16H2,1-3H3,(H,17,20). The van der Waals surface area contributed by atoms with E-state index in [9.17, 15) is 4.79 Å². The normalized spacial score (nSPS) is 23.4. The predicted molar refractivity (Wildman–Crippen MR) is 81.6 cm³/mol. The molecule has 1 aliphatic heterocycles. The first-order valence-electron chi connectivity index (χ1n) is 7.09. The molecule has 0 aromatic heterocycles. The molecule has 0 aliphatic carbocycles. The summed E-state index contributed by atoms with van der Waals surface area (Å²) in [6, 6.07) is 6.28. The number of hydrazine groups is 1. The quantitative estimate of drug-likeness (QED) is 0.578. The van der Waals surface area contributed by atoms with Crippen LogP contribution in [0, 0.1) is 6.92 Å². The summed E-state index contributed by atoms with van der Waals surface area (Å²) in [4.78, 5) is 14.6. The van der Waals surface area contributed by atoms with Gasteiger partial charge in [-0.2, -0.15) is 0 Å². The minimum Gasteiger partial charge on any atom is -0.349 e. The molecule has 20 heavy (non-hydrogen) atoms. The zero-order valence-corrected chi connectivity index (χ0v) is 12.4. The highest BCUT2D eigenvalue weighted by Gasteiger charge is 2.24. The average molecular weight is 276 g/mol. The van der Waals surface area contributed by atoms with Gasteiger partial charge in [0.2, 0.25) is 0 Å². The number of hydrogen-bond acceptors (Lipinski definition) is 4. The van der Waals surface area contributed by atoms with Crippen molar-refractivity contribution in [3.63, 3.8) is 0 Å². The predicted octanol–water partition coefficient (Wildman–Crippen LogP) is 1.49. The Bertz CT molecular complexity index is 489. The van der Waals surface area contributed by atoms with Crippen LogP contribution in [0.4, 0.5) is 5.69 Å². The van der Waals surface area contributed by atoms with Crippen molar-refractivity contribution in [1.82, 2.24) is 10.2 Å². The van der Waals surface area contributed by atoms with Gasteiger partial charge < -0.3 is 15.6 Å². The molecular weight excluding hydrogens is 252 g/mol. The first-order valence-corrected chi connectivity index (χ1v) is 7.09. The van der Waals surface area contributed by atoms with Gasteiger partial charge in [-0.1, -0.05) is 0 Å². The lowest BCUT2D eigenvalue weighted by Crippen LogP contribution is -2.47. The number of nitrogens with zero attached hydrogens (tertiary/aromatic N) is 1. The Kier molecular flexibility index (Phi) is 4.62. The monoisotopic (exact) mass is 276 g/mol. The molecule has 1 heterocycles. The van der Waals surface area contributed by atoms with Crippen molar-refractivity contribution < 1.29 is 4.79 Å². The fraction of sp³-hybridized carbons (Fsp3) is 0.533. The van der Waals surface area contributed by atoms with Gasteiger partial charge >= 0.3 is 0 Å². The Morgan fingerprint density at radius 1 is 1.45 bits per heavy atom. The highest BCUT2D eigenvalue weighted by molar-refractivity contribution is 5.95. The molecule has 110 valence electrons. The van der Waals surface area contributed by atoms with Gasteiger partial charge in [0.25, 0.3) is 5.91 Å². The van der Waals surface area contributed by atoms with E-state index >= 15 is 0 Å². The van der Waals surface area contributed by atoms with Crippen molar-refractivity contribution in [3.05, 3.63) is 29.3 Å². The molecule has 1 aromatic rings. The summed E-state index contributed by atoms with van der Waals surface area (Å²) in [5.74, 6) is 5.40. The van der Waals surface area contributed by atoms with E-state index in [1.54, 1.807) is 6.07 Å². The number of anilines is 1. The molecule has 2 atom stereocenters. The SMILES string of the molecule is Cc1cc(C(=O)NC2CCN(C)C(C)C2)ccc1NN. The van der Waals surface area contributed by atoms with Gasteiger partial charge in [-0.05, 0) is 57.5 Å². The van der Waals surface area contributed by atoms with Crippen molar-refractivity contribution in [2.45, 2.75) is 38.8 Å². The molecule has 2 unspecified atom stereocenters. The van der Waals surface area contributed by atoms with Gasteiger partial charge in [0, 0.05) is 24.2 Å². The number of benzene rings is 1. The average Bonchev–Trinajstić information content (AvgIpc) is 2.42. The molecule has 1 aliphatic rings. The Balaban J connectivity index is 2.00. The van der Waals surface area contributed by atoms with Gasteiger partial charge in [-0.25, -0.2) is 0 Å². The van der Waals surface area contributed by atoms with Crippen LogP contribution >= 0.6 is 0 Å². The van der Waals surface area contributed by atoms with Crippen LogP contribution in [0.15, 0.2) is 18.2 Å². The van der Waals surface area contributed by atoms with Crippen LogP contribution in [0.3, 0.4) is 0 Å². The summed E-state index contributed by atoms with van der Waals surface area (Å²) in [6.07, 6.45) is 2.01. The lowest BCUT2D eigenvalue weighted by atomic mass is 9.98. The molecular formula is C15H24N4O. The molecule has 5 nitrogen and oxygen atoms in total. The summed E-state index contributed by atoms with van der Waals surface area (Å²) >= 11 is 0. The van der Waals surface area contributed by atoms with Crippen molar-refractivity contribution >= 4 is 11.6 Å². The number of amides is 1. The smallest absolute Gasteiger partial charge is 0.251 e. The van der Waals surface area contributed by atoms with Crippen molar-refractivity contribution in [2.75, 3.05) is 19.0 Å². The van der Waals surface area contributed by atoms with Crippen molar-refractivity contribution in [2.24, 2.45) is 5.84 Å². The van der Waals surface area contributed by atoms with Crippen LogP contribution in [0.25, 0.3) is 0 Å². The van der Waals surface area contributed by atoms with Crippen molar-refractivity contribution in [1.29, 1.82) is 0 Å². The molecule has 1 fully saturated rings. The van der Waals surface area contributed by atoms with E-state index in [0.29, 0.717) is 11.6 Å². The highest BCUT2D eigenvalue weighted by atomic mass is 16.1. The number of likely N-dealkylation sites (tertiary alicyclic amines) is 1. The Hall–Kier alpha value is -1.59. The number of nitrogens with one attached hydrogen (secondary N) is 2. The number of rotatable bonds is 3. The molecule has 0 saturated carbocycles. The van der Waals surface area contributed by atoms with Gasteiger partial charge in [0.1, 0.15) is 0 Å². The van der Waals surface area contributed by atoms with E-state index in [2.05, 4.69) is 29.6 Å².